The van der Waals surface area contributed by atoms with Gasteiger partial charge < -0.3 is 10.3 Å². The standard InChI is InChI=1S/C24H27N3O4S2/c1-4-5-6-18-8-11-20(12-9-18)33(30,31)21-14-25-24(27-23(21)29)32-15-22(28)26-19-10-7-16(2)17(3)13-19/h7-14H,4-6,15H2,1-3H3,(H,26,28)(H,25,27,29). The Morgan fingerprint density at radius 1 is 1.09 bits per heavy atom. The lowest BCUT2D eigenvalue weighted by molar-refractivity contribution is -0.113. The number of nitrogens with one attached hydrogen (secondary N) is 2. The first-order valence-corrected chi connectivity index (χ1v) is 13.1. The van der Waals surface area contributed by atoms with Crippen LogP contribution in [0.2, 0.25) is 0 Å². The first kappa shape index (κ1) is 24.7. The Labute approximate surface area is 198 Å². The number of benzene rings is 2. The number of amides is 1. The van der Waals surface area contributed by atoms with E-state index in [0.717, 1.165) is 53.9 Å². The molecule has 174 valence electrons. The second kappa shape index (κ2) is 10.8. The van der Waals surface area contributed by atoms with Crippen molar-refractivity contribution in [3.63, 3.8) is 0 Å². The number of anilines is 1. The fourth-order valence-electron chi connectivity index (χ4n) is 3.12. The van der Waals surface area contributed by atoms with Gasteiger partial charge in [-0.3, -0.25) is 9.59 Å². The predicted molar refractivity (Wildman–Crippen MR) is 131 cm³/mol. The summed E-state index contributed by atoms with van der Waals surface area (Å²) in [4.78, 5) is 30.8. The summed E-state index contributed by atoms with van der Waals surface area (Å²) in [5, 5.41) is 2.96. The van der Waals surface area contributed by atoms with Gasteiger partial charge in [-0.2, -0.15) is 0 Å². The summed E-state index contributed by atoms with van der Waals surface area (Å²) in [5.41, 5.74) is 3.17. The maximum atomic E-state index is 12.9. The van der Waals surface area contributed by atoms with Crippen LogP contribution in [0.15, 0.2) is 68.4 Å². The quantitative estimate of drug-likeness (QED) is 0.346. The Kier molecular flexibility index (Phi) is 8.10. The smallest absolute Gasteiger partial charge is 0.270 e. The van der Waals surface area contributed by atoms with Crippen LogP contribution in [-0.2, 0) is 21.1 Å². The van der Waals surface area contributed by atoms with Crippen molar-refractivity contribution in [2.45, 2.75) is 55.0 Å². The highest BCUT2D eigenvalue weighted by molar-refractivity contribution is 7.99. The highest BCUT2D eigenvalue weighted by Gasteiger charge is 2.22. The highest BCUT2D eigenvalue weighted by Crippen LogP contribution is 2.20. The third kappa shape index (κ3) is 6.33. The maximum absolute atomic E-state index is 12.9. The number of sulfone groups is 1. The second-order valence-corrected chi connectivity index (χ2v) is 10.7. The molecule has 2 aromatic carbocycles. The summed E-state index contributed by atoms with van der Waals surface area (Å²) < 4.78 is 25.8. The molecule has 1 aromatic heterocycles. The van der Waals surface area contributed by atoms with Crippen molar-refractivity contribution in [3.05, 3.63) is 75.7 Å². The van der Waals surface area contributed by atoms with Crippen molar-refractivity contribution in [3.8, 4) is 0 Å². The van der Waals surface area contributed by atoms with Crippen LogP contribution in [-0.4, -0.2) is 30.0 Å². The maximum Gasteiger partial charge on any atom is 0.270 e. The van der Waals surface area contributed by atoms with Crippen LogP contribution >= 0.6 is 11.8 Å². The number of hydrogen-bond acceptors (Lipinski definition) is 6. The lowest BCUT2D eigenvalue weighted by Crippen LogP contribution is -2.20. The predicted octanol–water partition coefficient (Wildman–Crippen LogP) is 4.29. The van der Waals surface area contributed by atoms with Crippen LogP contribution in [0.4, 0.5) is 5.69 Å². The van der Waals surface area contributed by atoms with E-state index in [1.54, 1.807) is 12.1 Å². The average Bonchev–Trinajstić information content (AvgIpc) is 2.79. The fourth-order valence-corrected chi connectivity index (χ4v) is 4.99. The summed E-state index contributed by atoms with van der Waals surface area (Å²) >= 11 is 1.02. The van der Waals surface area contributed by atoms with E-state index in [1.807, 2.05) is 32.0 Å². The monoisotopic (exact) mass is 485 g/mol. The molecule has 9 heteroatoms. The van der Waals surface area contributed by atoms with Gasteiger partial charge in [0.15, 0.2) is 10.1 Å². The van der Waals surface area contributed by atoms with Gasteiger partial charge in [-0.25, -0.2) is 13.4 Å². The number of thioether (sulfide) groups is 1. The summed E-state index contributed by atoms with van der Waals surface area (Å²) in [6, 6.07) is 12.2. The Bertz CT molecular complexity index is 1300. The molecule has 0 radical (unpaired) electrons. The van der Waals surface area contributed by atoms with Crippen molar-refractivity contribution in [2.75, 3.05) is 11.1 Å². The number of H-pyrrole nitrogens is 1. The minimum absolute atomic E-state index is 0.0151. The number of nitrogens with zero attached hydrogens (tertiary/aromatic N) is 1. The third-order valence-corrected chi connectivity index (χ3v) is 7.87. The van der Waals surface area contributed by atoms with E-state index in [9.17, 15) is 18.0 Å². The summed E-state index contributed by atoms with van der Waals surface area (Å²) in [7, 11) is -4.00. The molecule has 0 saturated carbocycles. The molecule has 1 heterocycles. The van der Waals surface area contributed by atoms with E-state index in [1.165, 1.54) is 12.1 Å². The second-order valence-electron chi connectivity index (χ2n) is 7.77. The lowest BCUT2D eigenvalue weighted by Gasteiger charge is -2.08. The number of carbonyl (C=O) groups excluding carboxylic acids is 1. The van der Waals surface area contributed by atoms with Crippen LogP contribution in [0.25, 0.3) is 0 Å². The first-order valence-electron chi connectivity index (χ1n) is 10.6. The molecular formula is C24H27N3O4S2. The van der Waals surface area contributed by atoms with Gasteiger partial charge >= 0.3 is 0 Å². The van der Waals surface area contributed by atoms with Crippen LogP contribution in [0.3, 0.4) is 0 Å². The number of aromatic nitrogens is 2. The fraction of sp³-hybridized carbons (Fsp3) is 0.292. The highest BCUT2D eigenvalue weighted by atomic mass is 32.2. The van der Waals surface area contributed by atoms with E-state index in [-0.39, 0.29) is 21.7 Å². The Morgan fingerprint density at radius 2 is 1.82 bits per heavy atom. The van der Waals surface area contributed by atoms with Crippen LogP contribution < -0.4 is 10.9 Å². The third-order valence-electron chi connectivity index (χ3n) is 5.22. The SMILES string of the molecule is CCCCc1ccc(S(=O)(=O)c2cnc(SCC(=O)Nc3ccc(C)c(C)c3)[nH]c2=O)cc1. The van der Waals surface area contributed by atoms with Crippen molar-refractivity contribution in [1.29, 1.82) is 0 Å². The van der Waals surface area contributed by atoms with E-state index in [2.05, 4.69) is 22.2 Å². The van der Waals surface area contributed by atoms with Gasteiger partial charge in [0.2, 0.25) is 15.7 Å². The van der Waals surface area contributed by atoms with Gasteiger partial charge in [0.1, 0.15) is 0 Å². The first-order chi connectivity index (χ1) is 15.7. The molecule has 0 aliphatic rings. The summed E-state index contributed by atoms with van der Waals surface area (Å²) in [6.07, 6.45) is 4.00. The Morgan fingerprint density at radius 3 is 2.45 bits per heavy atom. The number of unbranched alkanes of at least 4 members (excludes halogenated alkanes) is 1. The van der Waals surface area contributed by atoms with Crippen LogP contribution in [0.5, 0.6) is 0 Å². The van der Waals surface area contributed by atoms with Crippen molar-refractivity contribution in [1.82, 2.24) is 9.97 Å². The molecule has 0 unspecified atom stereocenters. The Balaban J connectivity index is 1.67. The molecule has 0 aliphatic heterocycles. The van der Waals surface area contributed by atoms with Crippen LogP contribution in [0, 0.1) is 13.8 Å². The molecular weight excluding hydrogens is 458 g/mol. The molecule has 33 heavy (non-hydrogen) atoms. The summed E-state index contributed by atoms with van der Waals surface area (Å²) in [5.74, 6) is -0.243. The van der Waals surface area contributed by atoms with Gasteiger partial charge in [0.25, 0.3) is 5.56 Å². The molecule has 0 saturated heterocycles. The van der Waals surface area contributed by atoms with Crippen molar-refractivity contribution < 1.29 is 13.2 Å². The van der Waals surface area contributed by atoms with E-state index in [4.69, 9.17) is 0 Å². The van der Waals surface area contributed by atoms with Gasteiger partial charge in [0.05, 0.1) is 16.8 Å². The van der Waals surface area contributed by atoms with E-state index < -0.39 is 20.3 Å². The van der Waals surface area contributed by atoms with E-state index in [0.29, 0.717) is 5.69 Å². The lowest BCUT2D eigenvalue weighted by atomic mass is 10.1. The number of aryl methyl sites for hydroxylation is 3. The average molecular weight is 486 g/mol. The molecule has 0 atom stereocenters. The van der Waals surface area contributed by atoms with Crippen molar-refractivity contribution in [2.24, 2.45) is 0 Å². The molecule has 7 nitrogen and oxygen atoms in total. The topological polar surface area (TPSA) is 109 Å². The zero-order chi connectivity index (χ0) is 24.0. The molecule has 3 aromatic rings. The number of carbonyl (C=O) groups is 1. The normalized spacial score (nSPS) is 11.4. The van der Waals surface area contributed by atoms with Gasteiger partial charge in [0, 0.05) is 5.69 Å². The largest absolute Gasteiger partial charge is 0.325 e. The van der Waals surface area contributed by atoms with Crippen molar-refractivity contribution >= 4 is 33.2 Å². The van der Waals surface area contributed by atoms with Gasteiger partial charge in [-0.15, -0.1) is 0 Å². The molecule has 0 fully saturated rings. The molecule has 0 spiro atoms. The Hall–Kier alpha value is -2.91. The van der Waals surface area contributed by atoms with Gasteiger partial charge in [-0.05, 0) is 67.6 Å². The summed E-state index contributed by atoms with van der Waals surface area (Å²) in [6.45, 7) is 6.05. The molecule has 0 aliphatic carbocycles. The van der Waals surface area contributed by atoms with Gasteiger partial charge in [-0.1, -0.05) is 43.3 Å². The molecule has 1 amide bonds. The molecule has 3 rings (SSSR count). The number of hydrogen-bond donors (Lipinski definition) is 2. The van der Waals surface area contributed by atoms with E-state index >= 15 is 0 Å². The molecule has 2 N–H and O–H groups in total. The zero-order valence-corrected chi connectivity index (χ0v) is 20.5. The number of rotatable bonds is 9. The minimum atomic E-state index is -4.00. The molecule has 0 bridgehead atoms. The van der Waals surface area contributed by atoms with Crippen LogP contribution in [0.1, 0.15) is 36.5 Å². The zero-order valence-electron chi connectivity index (χ0n) is 18.8. The number of aromatic amines is 1. The minimum Gasteiger partial charge on any atom is -0.325 e.